The minimum absolute atomic E-state index is 0.0280. The molecule has 0 bridgehead atoms. The van der Waals surface area contributed by atoms with Gasteiger partial charge in [-0.2, -0.15) is 5.10 Å². The molecule has 0 atom stereocenters. The van der Waals surface area contributed by atoms with E-state index in [0.29, 0.717) is 11.8 Å². The van der Waals surface area contributed by atoms with Crippen LogP contribution in [0.2, 0.25) is 0 Å². The van der Waals surface area contributed by atoms with E-state index in [-0.39, 0.29) is 10.8 Å². The number of carbonyl (C=O) groups is 1. The maximum absolute atomic E-state index is 10.7. The highest BCUT2D eigenvalue weighted by molar-refractivity contribution is 7.80. The summed E-state index contributed by atoms with van der Waals surface area (Å²) < 4.78 is 0. The molecule has 0 aliphatic rings. The Morgan fingerprint density at radius 1 is 1.43 bits per heavy atom. The minimum atomic E-state index is 0.0280. The molecule has 0 spiro atoms. The van der Waals surface area contributed by atoms with Crippen LogP contribution in [0.25, 0.3) is 0 Å². The molecule has 0 aliphatic heterocycles. The Morgan fingerprint density at radius 3 is 2.57 bits per heavy atom. The summed E-state index contributed by atoms with van der Waals surface area (Å²) >= 11 is 4.56. The SMILES string of the molecule is NC(=S)NN=C(C=O)c1ccccc1. The Hall–Kier alpha value is -1.75. The molecule has 0 fully saturated rings. The first-order valence-electron chi connectivity index (χ1n) is 3.88. The fraction of sp³-hybridized carbons (Fsp3) is 0. The summed E-state index contributed by atoms with van der Waals surface area (Å²) in [5, 5.41) is 3.77. The lowest BCUT2D eigenvalue weighted by Gasteiger charge is -1.99. The lowest BCUT2D eigenvalue weighted by atomic mass is 10.1. The number of hydrogen-bond donors (Lipinski definition) is 2. The van der Waals surface area contributed by atoms with Crippen LogP contribution in [0.15, 0.2) is 35.4 Å². The summed E-state index contributed by atoms with van der Waals surface area (Å²) in [6.07, 6.45) is 0.639. The van der Waals surface area contributed by atoms with Gasteiger partial charge in [-0.3, -0.25) is 10.2 Å². The van der Waals surface area contributed by atoms with Crippen molar-refractivity contribution in [2.24, 2.45) is 10.8 Å². The third kappa shape index (κ3) is 2.95. The predicted molar refractivity (Wildman–Crippen MR) is 59.0 cm³/mol. The Morgan fingerprint density at radius 2 is 2.07 bits per heavy atom. The van der Waals surface area contributed by atoms with Crippen LogP contribution in [0.4, 0.5) is 0 Å². The van der Waals surface area contributed by atoms with Crippen molar-refractivity contribution in [3.05, 3.63) is 35.9 Å². The van der Waals surface area contributed by atoms with Gasteiger partial charge in [0.05, 0.1) is 0 Å². The second-order valence-electron chi connectivity index (χ2n) is 2.46. The highest BCUT2D eigenvalue weighted by Crippen LogP contribution is 1.98. The van der Waals surface area contributed by atoms with Gasteiger partial charge in [0.1, 0.15) is 5.71 Å². The van der Waals surface area contributed by atoms with Crippen molar-refractivity contribution >= 4 is 29.3 Å². The number of benzene rings is 1. The standard InChI is InChI=1S/C9H9N3OS/c10-9(14)12-11-8(6-13)7-4-2-1-3-5-7/h1-6H,(H3,10,12,14). The topological polar surface area (TPSA) is 67.5 Å². The Balaban J connectivity index is 2.87. The van der Waals surface area contributed by atoms with E-state index in [9.17, 15) is 4.79 Å². The molecule has 5 heteroatoms. The predicted octanol–water partition coefficient (Wildman–Crippen LogP) is 0.423. The van der Waals surface area contributed by atoms with Gasteiger partial charge in [-0.25, -0.2) is 0 Å². The van der Waals surface area contributed by atoms with Gasteiger partial charge in [0, 0.05) is 5.56 Å². The average Bonchev–Trinajstić information content (AvgIpc) is 2.20. The number of rotatable bonds is 3. The number of carbonyl (C=O) groups excluding carboxylic acids is 1. The smallest absolute Gasteiger partial charge is 0.184 e. The molecule has 3 N–H and O–H groups in total. The lowest BCUT2D eigenvalue weighted by molar-refractivity contribution is -0.102. The highest BCUT2D eigenvalue weighted by Gasteiger charge is 2.00. The maximum atomic E-state index is 10.7. The lowest BCUT2D eigenvalue weighted by Crippen LogP contribution is -2.26. The molecular weight excluding hydrogens is 198 g/mol. The number of nitrogens with one attached hydrogen (secondary N) is 1. The number of nitrogens with two attached hydrogens (primary N) is 1. The summed E-state index contributed by atoms with van der Waals surface area (Å²) in [5.74, 6) is 0. The van der Waals surface area contributed by atoms with Gasteiger partial charge in [-0.15, -0.1) is 0 Å². The molecule has 0 amide bonds. The molecule has 1 rings (SSSR count). The minimum Gasteiger partial charge on any atom is -0.375 e. The van der Waals surface area contributed by atoms with E-state index < -0.39 is 0 Å². The molecule has 0 heterocycles. The molecule has 0 aromatic heterocycles. The first-order chi connectivity index (χ1) is 6.74. The first kappa shape index (κ1) is 10.3. The molecule has 0 saturated heterocycles. The van der Waals surface area contributed by atoms with Crippen molar-refractivity contribution in [2.45, 2.75) is 0 Å². The molecule has 1 aromatic carbocycles. The third-order valence-corrected chi connectivity index (χ3v) is 1.56. The second-order valence-corrected chi connectivity index (χ2v) is 2.90. The van der Waals surface area contributed by atoms with Gasteiger partial charge >= 0.3 is 0 Å². The molecule has 4 nitrogen and oxygen atoms in total. The molecular formula is C9H9N3OS. The van der Waals surface area contributed by atoms with E-state index in [2.05, 4.69) is 22.7 Å². The second kappa shape index (κ2) is 5.08. The molecule has 72 valence electrons. The Labute approximate surface area is 86.8 Å². The van der Waals surface area contributed by atoms with Crippen LogP contribution in [0, 0.1) is 0 Å². The number of hydrogen-bond acceptors (Lipinski definition) is 3. The Bertz CT molecular complexity index is 362. The quantitative estimate of drug-likeness (QED) is 0.326. The van der Waals surface area contributed by atoms with Crippen LogP contribution >= 0.6 is 12.2 Å². The number of thiocarbonyl (C=S) groups is 1. The zero-order valence-corrected chi connectivity index (χ0v) is 8.12. The van der Waals surface area contributed by atoms with E-state index >= 15 is 0 Å². The largest absolute Gasteiger partial charge is 0.375 e. The van der Waals surface area contributed by atoms with Crippen molar-refractivity contribution in [3.63, 3.8) is 0 Å². The highest BCUT2D eigenvalue weighted by atomic mass is 32.1. The summed E-state index contributed by atoms with van der Waals surface area (Å²) in [7, 11) is 0. The van der Waals surface area contributed by atoms with Gasteiger partial charge in [0.15, 0.2) is 11.4 Å². The van der Waals surface area contributed by atoms with Crippen LogP contribution in [-0.4, -0.2) is 17.1 Å². The van der Waals surface area contributed by atoms with Gasteiger partial charge in [0.25, 0.3) is 0 Å². The van der Waals surface area contributed by atoms with Gasteiger partial charge in [-0.05, 0) is 12.2 Å². The van der Waals surface area contributed by atoms with E-state index in [0.717, 1.165) is 0 Å². The van der Waals surface area contributed by atoms with Crippen LogP contribution in [0.3, 0.4) is 0 Å². The van der Waals surface area contributed by atoms with E-state index in [1.165, 1.54) is 0 Å². The van der Waals surface area contributed by atoms with Crippen molar-refractivity contribution in [1.29, 1.82) is 0 Å². The van der Waals surface area contributed by atoms with Crippen LogP contribution < -0.4 is 11.2 Å². The average molecular weight is 207 g/mol. The third-order valence-electron chi connectivity index (χ3n) is 1.47. The Kier molecular flexibility index (Phi) is 3.75. The van der Waals surface area contributed by atoms with Crippen molar-refractivity contribution < 1.29 is 4.79 Å². The number of nitrogens with zero attached hydrogens (tertiary/aromatic N) is 1. The molecule has 0 saturated carbocycles. The summed E-state index contributed by atoms with van der Waals surface area (Å²) in [6.45, 7) is 0. The van der Waals surface area contributed by atoms with Crippen molar-refractivity contribution in [1.82, 2.24) is 5.43 Å². The molecule has 0 radical (unpaired) electrons. The van der Waals surface area contributed by atoms with Gasteiger partial charge in [-0.1, -0.05) is 30.3 Å². The molecule has 0 aliphatic carbocycles. The summed E-state index contributed by atoms with van der Waals surface area (Å²) in [5.41, 5.74) is 8.51. The van der Waals surface area contributed by atoms with Gasteiger partial charge < -0.3 is 5.73 Å². The number of aldehydes is 1. The molecule has 1 aromatic rings. The van der Waals surface area contributed by atoms with Crippen LogP contribution in [-0.2, 0) is 4.79 Å². The fourth-order valence-electron chi connectivity index (χ4n) is 0.883. The zero-order chi connectivity index (χ0) is 10.4. The van der Waals surface area contributed by atoms with Gasteiger partial charge in [0.2, 0.25) is 0 Å². The van der Waals surface area contributed by atoms with Crippen molar-refractivity contribution in [2.75, 3.05) is 0 Å². The molecule has 0 unspecified atom stereocenters. The van der Waals surface area contributed by atoms with Crippen molar-refractivity contribution in [3.8, 4) is 0 Å². The fourth-order valence-corrected chi connectivity index (χ4v) is 0.929. The van der Waals surface area contributed by atoms with E-state index in [4.69, 9.17) is 5.73 Å². The molecule has 14 heavy (non-hydrogen) atoms. The first-order valence-corrected chi connectivity index (χ1v) is 4.28. The van der Waals surface area contributed by atoms with E-state index in [1.54, 1.807) is 12.1 Å². The zero-order valence-electron chi connectivity index (χ0n) is 7.31. The maximum Gasteiger partial charge on any atom is 0.184 e. The van der Waals surface area contributed by atoms with Crippen LogP contribution in [0.1, 0.15) is 5.56 Å². The van der Waals surface area contributed by atoms with E-state index in [1.807, 2.05) is 18.2 Å². The monoisotopic (exact) mass is 207 g/mol. The van der Waals surface area contributed by atoms with Crippen LogP contribution in [0.5, 0.6) is 0 Å². The normalized spacial score (nSPS) is 10.7. The summed E-state index contributed by atoms with van der Waals surface area (Å²) in [4.78, 5) is 10.7. The number of hydrazone groups is 1. The summed E-state index contributed by atoms with van der Waals surface area (Å²) in [6, 6.07) is 9.03.